The van der Waals surface area contributed by atoms with Crippen molar-refractivity contribution < 1.29 is 10.0 Å². The molecule has 102 valence electrons. The maximum absolute atomic E-state index is 12.5. The van der Waals surface area contributed by atoms with Crippen LogP contribution in [0.4, 0.5) is 0 Å². The summed E-state index contributed by atoms with van der Waals surface area (Å²) < 4.78 is 0.817. The summed E-state index contributed by atoms with van der Waals surface area (Å²) in [5.74, 6) is 0.130. The molecule has 1 amide bonds. The first-order chi connectivity index (χ1) is 9.02. The summed E-state index contributed by atoms with van der Waals surface area (Å²) in [7, 11) is 0. The van der Waals surface area contributed by atoms with Crippen LogP contribution in [0.1, 0.15) is 29.3 Å². The van der Waals surface area contributed by atoms with E-state index in [0.717, 1.165) is 15.7 Å². The maximum atomic E-state index is 12.5. The molecule has 5 heteroatoms. The zero-order valence-electron chi connectivity index (χ0n) is 11.1. The number of hydrogen-bond acceptors (Lipinski definition) is 3. The van der Waals surface area contributed by atoms with Crippen molar-refractivity contribution in [1.82, 2.24) is 4.90 Å². The van der Waals surface area contributed by atoms with Gasteiger partial charge >= 0.3 is 0 Å². The summed E-state index contributed by atoms with van der Waals surface area (Å²) in [4.78, 5) is 14.3. The van der Waals surface area contributed by atoms with Gasteiger partial charge in [0.25, 0.3) is 5.91 Å². The van der Waals surface area contributed by atoms with Gasteiger partial charge in [0.15, 0.2) is 0 Å². The molecule has 1 aromatic rings. The lowest BCUT2D eigenvalue weighted by Crippen LogP contribution is -2.43. The minimum Gasteiger partial charge on any atom is -0.411 e. The molecular weight excluding hydrogens is 308 g/mol. The Bertz CT molecular complexity index is 528. The first-order valence-corrected chi connectivity index (χ1v) is 7.08. The SMILES string of the molecule is Cc1ccc(Br)c(C(=O)N2CC/C(=N\O)C(C)C2)c1. The largest absolute Gasteiger partial charge is 0.411 e. The van der Waals surface area contributed by atoms with Gasteiger partial charge in [-0.05, 0) is 35.0 Å². The minimum atomic E-state index is 0.0272. The summed E-state index contributed by atoms with van der Waals surface area (Å²) in [5.41, 5.74) is 2.53. The highest BCUT2D eigenvalue weighted by atomic mass is 79.9. The quantitative estimate of drug-likeness (QED) is 0.637. The molecule has 1 aromatic carbocycles. The Morgan fingerprint density at radius 3 is 2.89 bits per heavy atom. The topological polar surface area (TPSA) is 52.9 Å². The number of hydrogen-bond donors (Lipinski definition) is 1. The molecule has 1 saturated heterocycles. The standard InChI is InChI=1S/C14H17BrN2O2/c1-9-3-4-12(15)11(7-9)14(18)17-6-5-13(16-19)10(2)8-17/h3-4,7,10,19H,5-6,8H2,1-2H3/b16-13+. The van der Waals surface area contributed by atoms with Crippen molar-refractivity contribution in [3.8, 4) is 0 Å². The third-order valence-electron chi connectivity index (χ3n) is 3.47. The molecule has 2 rings (SSSR count). The Kier molecular flexibility index (Phi) is 4.24. The summed E-state index contributed by atoms with van der Waals surface area (Å²) in [6.45, 7) is 5.14. The lowest BCUT2D eigenvalue weighted by molar-refractivity contribution is 0.0733. The molecule has 1 aliphatic rings. The van der Waals surface area contributed by atoms with Crippen LogP contribution in [0, 0.1) is 12.8 Å². The molecule has 0 spiro atoms. The van der Waals surface area contributed by atoms with E-state index in [1.165, 1.54) is 0 Å². The second kappa shape index (κ2) is 5.74. The Morgan fingerprint density at radius 2 is 2.26 bits per heavy atom. The van der Waals surface area contributed by atoms with Crippen LogP contribution >= 0.6 is 15.9 Å². The van der Waals surface area contributed by atoms with Gasteiger partial charge in [0.2, 0.25) is 0 Å². The number of piperidine rings is 1. The smallest absolute Gasteiger partial charge is 0.255 e. The van der Waals surface area contributed by atoms with Crippen molar-refractivity contribution in [3.63, 3.8) is 0 Å². The molecular formula is C14H17BrN2O2. The number of aryl methyl sites for hydroxylation is 1. The Morgan fingerprint density at radius 1 is 1.53 bits per heavy atom. The van der Waals surface area contributed by atoms with Crippen LogP contribution in [0.25, 0.3) is 0 Å². The van der Waals surface area contributed by atoms with Gasteiger partial charge in [-0.15, -0.1) is 0 Å². The van der Waals surface area contributed by atoms with E-state index in [2.05, 4.69) is 21.1 Å². The van der Waals surface area contributed by atoms with E-state index < -0.39 is 0 Å². The zero-order valence-corrected chi connectivity index (χ0v) is 12.6. The van der Waals surface area contributed by atoms with Crippen LogP contribution in [0.2, 0.25) is 0 Å². The van der Waals surface area contributed by atoms with E-state index in [-0.39, 0.29) is 11.8 Å². The number of oxime groups is 1. The van der Waals surface area contributed by atoms with Gasteiger partial charge in [-0.3, -0.25) is 4.79 Å². The minimum absolute atomic E-state index is 0.0272. The molecule has 0 radical (unpaired) electrons. The van der Waals surface area contributed by atoms with Crippen LogP contribution in [-0.2, 0) is 0 Å². The van der Waals surface area contributed by atoms with Crippen molar-refractivity contribution in [2.45, 2.75) is 20.3 Å². The van der Waals surface area contributed by atoms with Gasteiger partial charge in [0.05, 0.1) is 11.3 Å². The van der Waals surface area contributed by atoms with Gasteiger partial charge < -0.3 is 10.1 Å². The number of amides is 1. The van der Waals surface area contributed by atoms with Gasteiger partial charge in [-0.1, -0.05) is 23.7 Å². The second-order valence-corrected chi connectivity index (χ2v) is 5.83. The summed E-state index contributed by atoms with van der Waals surface area (Å²) in [6.07, 6.45) is 0.632. The molecule has 0 aromatic heterocycles. The molecule has 1 heterocycles. The van der Waals surface area contributed by atoms with Gasteiger partial charge in [0.1, 0.15) is 0 Å². The van der Waals surface area contributed by atoms with E-state index in [0.29, 0.717) is 25.1 Å². The molecule has 0 aliphatic carbocycles. The highest BCUT2D eigenvalue weighted by Gasteiger charge is 2.27. The second-order valence-electron chi connectivity index (χ2n) is 4.98. The fraction of sp³-hybridized carbons (Fsp3) is 0.429. The van der Waals surface area contributed by atoms with Crippen molar-refractivity contribution >= 4 is 27.5 Å². The number of halogens is 1. The molecule has 0 saturated carbocycles. The van der Waals surface area contributed by atoms with E-state index in [9.17, 15) is 4.79 Å². The molecule has 1 fully saturated rings. The third-order valence-corrected chi connectivity index (χ3v) is 4.16. The monoisotopic (exact) mass is 324 g/mol. The average molecular weight is 325 g/mol. The van der Waals surface area contributed by atoms with E-state index in [4.69, 9.17) is 5.21 Å². The summed E-state index contributed by atoms with van der Waals surface area (Å²) >= 11 is 3.43. The van der Waals surface area contributed by atoms with Crippen molar-refractivity contribution in [3.05, 3.63) is 33.8 Å². The van der Waals surface area contributed by atoms with Gasteiger partial charge in [-0.2, -0.15) is 0 Å². The molecule has 1 N–H and O–H groups in total. The van der Waals surface area contributed by atoms with Crippen LogP contribution in [0.5, 0.6) is 0 Å². The first-order valence-electron chi connectivity index (χ1n) is 6.29. The van der Waals surface area contributed by atoms with Crippen LogP contribution in [0.15, 0.2) is 27.8 Å². The van der Waals surface area contributed by atoms with Crippen LogP contribution in [0.3, 0.4) is 0 Å². The zero-order chi connectivity index (χ0) is 14.0. The van der Waals surface area contributed by atoms with Crippen molar-refractivity contribution in [2.24, 2.45) is 11.1 Å². The van der Waals surface area contributed by atoms with Gasteiger partial charge in [0, 0.05) is 29.9 Å². The highest BCUT2D eigenvalue weighted by molar-refractivity contribution is 9.10. The van der Waals surface area contributed by atoms with Crippen LogP contribution < -0.4 is 0 Å². The highest BCUT2D eigenvalue weighted by Crippen LogP contribution is 2.22. The third kappa shape index (κ3) is 2.97. The van der Waals surface area contributed by atoms with Crippen molar-refractivity contribution in [2.75, 3.05) is 13.1 Å². The van der Waals surface area contributed by atoms with E-state index in [1.54, 1.807) is 0 Å². The van der Waals surface area contributed by atoms with Crippen molar-refractivity contribution in [1.29, 1.82) is 0 Å². The average Bonchev–Trinajstić information content (AvgIpc) is 2.40. The molecule has 19 heavy (non-hydrogen) atoms. The number of rotatable bonds is 1. The molecule has 0 bridgehead atoms. The number of likely N-dealkylation sites (tertiary alicyclic amines) is 1. The fourth-order valence-electron chi connectivity index (χ4n) is 2.33. The predicted octanol–water partition coefficient (Wildman–Crippen LogP) is 3.07. The Hall–Kier alpha value is -1.36. The summed E-state index contributed by atoms with van der Waals surface area (Å²) in [5, 5.41) is 12.2. The molecule has 1 atom stereocenters. The predicted molar refractivity (Wildman–Crippen MR) is 77.8 cm³/mol. The number of nitrogens with zero attached hydrogens (tertiary/aromatic N) is 2. The number of benzene rings is 1. The Labute approximate surface area is 121 Å². The van der Waals surface area contributed by atoms with E-state index >= 15 is 0 Å². The number of carbonyl (C=O) groups is 1. The molecule has 4 nitrogen and oxygen atoms in total. The van der Waals surface area contributed by atoms with E-state index in [1.807, 2.05) is 36.9 Å². The normalized spacial score (nSPS) is 21.7. The molecule has 1 aliphatic heterocycles. The number of carbonyl (C=O) groups excluding carboxylic acids is 1. The summed E-state index contributed by atoms with van der Waals surface area (Å²) in [6, 6.07) is 5.76. The molecule has 1 unspecified atom stereocenters. The van der Waals surface area contributed by atoms with Gasteiger partial charge in [-0.25, -0.2) is 0 Å². The van der Waals surface area contributed by atoms with Crippen LogP contribution in [-0.4, -0.2) is 34.8 Å². The lowest BCUT2D eigenvalue weighted by atomic mass is 9.97. The Balaban J connectivity index is 2.19. The maximum Gasteiger partial charge on any atom is 0.255 e. The fourth-order valence-corrected chi connectivity index (χ4v) is 2.75. The first kappa shape index (κ1) is 14.1. The lowest BCUT2D eigenvalue weighted by Gasteiger charge is -2.31.